The summed E-state index contributed by atoms with van der Waals surface area (Å²) in [5.41, 5.74) is 3.58. The second-order valence-electron chi connectivity index (χ2n) is 3.34. The van der Waals surface area contributed by atoms with Gasteiger partial charge in [0.2, 0.25) is 5.88 Å². The lowest BCUT2D eigenvalue weighted by molar-refractivity contribution is -0.276. The molecule has 0 saturated carbocycles. The molecule has 1 aromatic rings. The number of carboxylic acids is 1. The highest BCUT2D eigenvalue weighted by atomic mass is 19.4. The summed E-state index contributed by atoms with van der Waals surface area (Å²) in [6, 6.07) is 0.472. The third-order valence-corrected chi connectivity index (χ3v) is 1.93. The number of nitrogens with two attached hydrogens (primary N) is 1. The average molecular weight is 286 g/mol. The Bertz CT molecular complexity index is 489. The number of ether oxygens (including phenoxy) is 1. The van der Waals surface area contributed by atoms with Gasteiger partial charge in [-0.2, -0.15) is 4.98 Å². The number of carboxylic acid groups (broad SMARTS) is 1. The van der Waals surface area contributed by atoms with Crippen molar-refractivity contribution in [1.29, 1.82) is 0 Å². The van der Waals surface area contributed by atoms with Crippen LogP contribution in [0.1, 0.15) is 17.6 Å². The lowest BCUT2D eigenvalue weighted by Gasteiger charge is -2.13. The Balaban J connectivity index is 3.26. The third-order valence-electron chi connectivity index (χ3n) is 1.93. The van der Waals surface area contributed by atoms with Gasteiger partial charge in [0.05, 0.1) is 12.0 Å². The van der Waals surface area contributed by atoms with Gasteiger partial charge < -0.3 is 15.6 Å². The van der Waals surface area contributed by atoms with Crippen LogP contribution in [0.15, 0.2) is 6.07 Å². The van der Waals surface area contributed by atoms with Crippen molar-refractivity contribution in [2.24, 2.45) is 0 Å². The van der Waals surface area contributed by atoms with Crippen molar-refractivity contribution in [3.8, 4) is 5.88 Å². The van der Waals surface area contributed by atoms with E-state index < -0.39 is 48.0 Å². The van der Waals surface area contributed by atoms with Gasteiger partial charge in [-0.15, -0.1) is 13.2 Å². The fourth-order valence-electron chi connectivity index (χ4n) is 1.33. The molecule has 0 aliphatic carbocycles. The van der Waals surface area contributed by atoms with Crippen LogP contribution in [0.3, 0.4) is 0 Å². The molecule has 0 amide bonds. The van der Waals surface area contributed by atoms with Crippen LogP contribution >= 0.6 is 0 Å². The predicted octanol–water partition coefficient (Wildman–Crippen LogP) is 2.13. The Morgan fingerprint density at radius 2 is 2.05 bits per heavy atom. The van der Waals surface area contributed by atoms with Crippen molar-refractivity contribution in [2.45, 2.75) is 19.2 Å². The number of nitrogen functional groups attached to an aromatic ring is 1. The zero-order chi connectivity index (χ0) is 14.8. The number of nitrogens with zero attached hydrogens (tertiary/aromatic N) is 1. The van der Waals surface area contributed by atoms with Gasteiger partial charge in [0.15, 0.2) is 0 Å². The zero-order valence-electron chi connectivity index (χ0n) is 9.04. The van der Waals surface area contributed by atoms with Crippen molar-refractivity contribution in [3.05, 3.63) is 17.2 Å². The first-order valence-corrected chi connectivity index (χ1v) is 4.65. The number of aromatic nitrogens is 1. The molecular formula is C9H7F5N2O3. The van der Waals surface area contributed by atoms with Gasteiger partial charge in [-0.3, -0.25) is 4.79 Å². The molecule has 3 N–H and O–H groups in total. The molecule has 19 heavy (non-hydrogen) atoms. The number of anilines is 1. The van der Waals surface area contributed by atoms with Crippen LogP contribution < -0.4 is 10.5 Å². The number of alkyl halides is 5. The van der Waals surface area contributed by atoms with Gasteiger partial charge >= 0.3 is 12.3 Å². The standard InChI is InChI=1S/C9H7F5N2O3/c10-7(11)6-3(2-5(17)18)1-4(16-8(6)15)19-9(12,13)14/h1,7H,2H2,(H2,15,16)(H,17,18). The van der Waals surface area contributed by atoms with Gasteiger partial charge in [-0.1, -0.05) is 0 Å². The largest absolute Gasteiger partial charge is 0.574 e. The van der Waals surface area contributed by atoms with E-state index in [1.807, 2.05) is 0 Å². The first-order valence-electron chi connectivity index (χ1n) is 4.65. The van der Waals surface area contributed by atoms with E-state index in [9.17, 15) is 26.7 Å². The maximum absolute atomic E-state index is 12.6. The van der Waals surface area contributed by atoms with Crippen LogP contribution in [0.5, 0.6) is 5.88 Å². The summed E-state index contributed by atoms with van der Waals surface area (Å²) in [5.74, 6) is -3.51. The number of aliphatic carboxylic acids is 1. The maximum Gasteiger partial charge on any atom is 0.574 e. The van der Waals surface area contributed by atoms with Crippen LogP contribution in [0.2, 0.25) is 0 Å². The average Bonchev–Trinajstić information content (AvgIpc) is 2.10. The van der Waals surface area contributed by atoms with E-state index in [4.69, 9.17) is 10.8 Å². The Labute approximate surface area is 102 Å². The normalized spacial score (nSPS) is 11.7. The summed E-state index contributed by atoms with van der Waals surface area (Å²) >= 11 is 0. The van der Waals surface area contributed by atoms with E-state index >= 15 is 0 Å². The van der Waals surface area contributed by atoms with Crippen LogP contribution in [0, 0.1) is 0 Å². The minimum Gasteiger partial charge on any atom is -0.481 e. The van der Waals surface area contributed by atoms with Crippen LogP contribution in [0.4, 0.5) is 27.8 Å². The number of hydrogen-bond donors (Lipinski definition) is 2. The second kappa shape index (κ2) is 5.24. The van der Waals surface area contributed by atoms with E-state index in [0.29, 0.717) is 6.07 Å². The minimum atomic E-state index is -5.09. The van der Waals surface area contributed by atoms with Crippen molar-refractivity contribution in [2.75, 3.05) is 5.73 Å². The van der Waals surface area contributed by atoms with Crippen molar-refractivity contribution in [1.82, 2.24) is 4.98 Å². The molecule has 0 atom stereocenters. The van der Waals surface area contributed by atoms with Crippen LogP contribution in [0.25, 0.3) is 0 Å². The number of carbonyl (C=O) groups is 1. The molecule has 5 nitrogen and oxygen atoms in total. The first kappa shape index (κ1) is 14.9. The molecule has 1 rings (SSSR count). The van der Waals surface area contributed by atoms with Crippen molar-refractivity contribution >= 4 is 11.8 Å². The molecule has 0 aromatic carbocycles. The molecule has 0 saturated heterocycles. The molecule has 0 spiro atoms. The van der Waals surface area contributed by atoms with Crippen molar-refractivity contribution in [3.63, 3.8) is 0 Å². The maximum atomic E-state index is 12.6. The predicted molar refractivity (Wildman–Crippen MR) is 51.6 cm³/mol. The quantitative estimate of drug-likeness (QED) is 0.828. The lowest BCUT2D eigenvalue weighted by atomic mass is 10.1. The summed E-state index contributed by atoms with van der Waals surface area (Å²) < 4.78 is 64.6. The Morgan fingerprint density at radius 1 is 1.47 bits per heavy atom. The first-order chi connectivity index (χ1) is 8.60. The topological polar surface area (TPSA) is 85.4 Å². The summed E-state index contributed by atoms with van der Waals surface area (Å²) in [7, 11) is 0. The fourth-order valence-corrected chi connectivity index (χ4v) is 1.33. The van der Waals surface area contributed by atoms with Crippen LogP contribution in [-0.2, 0) is 11.2 Å². The van der Waals surface area contributed by atoms with Crippen LogP contribution in [-0.4, -0.2) is 22.4 Å². The van der Waals surface area contributed by atoms with E-state index in [1.165, 1.54) is 0 Å². The molecule has 0 bridgehead atoms. The monoisotopic (exact) mass is 286 g/mol. The number of halogens is 5. The Morgan fingerprint density at radius 3 is 2.47 bits per heavy atom. The van der Waals surface area contributed by atoms with Gasteiger partial charge in [0.25, 0.3) is 6.43 Å². The van der Waals surface area contributed by atoms with Gasteiger partial charge in [-0.25, -0.2) is 8.78 Å². The molecular weight excluding hydrogens is 279 g/mol. The van der Waals surface area contributed by atoms with E-state index in [2.05, 4.69) is 9.72 Å². The van der Waals surface area contributed by atoms with E-state index in [-0.39, 0.29) is 0 Å². The third kappa shape index (κ3) is 4.23. The lowest BCUT2D eigenvalue weighted by Crippen LogP contribution is -2.19. The van der Waals surface area contributed by atoms with Crippen molar-refractivity contribution < 1.29 is 36.6 Å². The highest BCUT2D eigenvalue weighted by Gasteiger charge is 2.33. The molecule has 0 radical (unpaired) electrons. The SMILES string of the molecule is Nc1nc(OC(F)(F)F)cc(CC(=O)O)c1C(F)F. The number of pyridine rings is 1. The zero-order valence-corrected chi connectivity index (χ0v) is 9.04. The smallest absolute Gasteiger partial charge is 0.481 e. The molecule has 1 aromatic heterocycles. The Hall–Kier alpha value is -2.13. The molecule has 0 aliphatic rings. The van der Waals surface area contributed by atoms with Gasteiger partial charge in [0, 0.05) is 6.07 Å². The molecule has 10 heteroatoms. The van der Waals surface area contributed by atoms with Gasteiger partial charge in [-0.05, 0) is 5.56 Å². The summed E-state index contributed by atoms with van der Waals surface area (Å²) in [5, 5.41) is 8.52. The molecule has 0 aliphatic heterocycles. The minimum absolute atomic E-state index is 0.472. The summed E-state index contributed by atoms with van der Waals surface area (Å²) in [6.45, 7) is 0. The van der Waals surface area contributed by atoms with E-state index in [1.54, 1.807) is 0 Å². The second-order valence-corrected chi connectivity index (χ2v) is 3.34. The number of hydrogen-bond acceptors (Lipinski definition) is 4. The number of rotatable bonds is 4. The highest BCUT2D eigenvalue weighted by molar-refractivity contribution is 5.72. The highest BCUT2D eigenvalue weighted by Crippen LogP contribution is 2.32. The molecule has 106 valence electrons. The molecule has 0 unspecified atom stereocenters. The van der Waals surface area contributed by atoms with Gasteiger partial charge in [0.1, 0.15) is 5.82 Å². The summed E-state index contributed by atoms with van der Waals surface area (Å²) in [4.78, 5) is 13.5. The van der Waals surface area contributed by atoms with E-state index in [0.717, 1.165) is 0 Å². The summed E-state index contributed by atoms with van der Waals surface area (Å²) in [6.07, 6.45) is -9.19. The Kier molecular flexibility index (Phi) is 4.12. The fraction of sp³-hybridized carbons (Fsp3) is 0.333. The molecule has 0 fully saturated rings. The molecule has 1 heterocycles.